The van der Waals surface area contributed by atoms with E-state index in [-0.39, 0.29) is 18.3 Å². The fraction of sp³-hybridized carbons (Fsp3) is 0.345. The van der Waals surface area contributed by atoms with Crippen LogP contribution in [0.5, 0.6) is 5.75 Å². The summed E-state index contributed by atoms with van der Waals surface area (Å²) in [5.41, 5.74) is 2.52. The highest BCUT2D eigenvalue weighted by molar-refractivity contribution is 7.99. The van der Waals surface area contributed by atoms with E-state index in [9.17, 15) is 14.9 Å². The van der Waals surface area contributed by atoms with Gasteiger partial charge in [0.15, 0.2) is 0 Å². The van der Waals surface area contributed by atoms with Crippen molar-refractivity contribution >= 4 is 29.2 Å². The molecule has 39 heavy (non-hydrogen) atoms. The number of anilines is 1. The second-order valence-corrected chi connectivity index (χ2v) is 10.3. The van der Waals surface area contributed by atoms with Crippen LogP contribution in [0.1, 0.15) is 18.1 Å². The molecule has 1 N–H and O–H groups in total. The van der Waals surface area contributed by atoms with Crippen LogP contribution >= 0.6 is 11.8 Å². The average molecular weight is 551 g/mol. The van der Waals surface area contributed by atoms with Gasteiger partial charge < -0.3 is 19.7 Å². The first-order valence-corrected chi connectivity index (χ1v) is 13.8. The first kappa shape index (κ1) is 28.4. The second-order valence-electron chi connectivity index (χ2n) is 9.23. The van der Waals surface area contributed by atoms with E-state index in [0.717, 1.165) is 39.8 Å². The molecule has 1 saturated heterocycles. The molecule has 3 aromatic rings. The number of rotatable bonds is 11. The third kappa shape index (κ3) is 8.44. The maximum atomic E-state index is 13.5. The van der Waals surface area contributed by atoms with E-state index in [1.807, 2.05) is 50.2 Å². The molecule has 0 radical (unpaired) electrons. The largest absolute Gasteiger partial charge is 0.494 e. The number of morpholine rings is 1. The predicted molar refractivity (Wildman–Crippen MR) is 153 cm³/mol. The molecule has 2 amide bonds. The molecule has 1 heterocycles. The van der Waals surface area contributed by atoms with Crippen LogP contribution < -0.4 is 10.1 Å². The van der Waals surface area contributed by atoms with E-state index in [2.05, 4.69) is 10.2 Å². The van der Waals surface area contributed by atoms with Crippen molar-refractivity contribution in [3.05, 3.63) is 88.0 Å². The second kappa shape index (κ2) is 14.0. The molecule has 1 fully saturated rings. The third-order valence-electron chi connectivity index (χ3n) is 6.36. The van der Waals surface area contributed by atoms with E-state index < -0.39 is 4.92 Å². The van der Waals surface area contributed by atoms with Crippen molar-refractivity contribution in [2.24, 2.45) is 0 Å². The number of amides is 2. The topological polar surface area (TPSA) is 97.2 Å². The minimum Gasteiger partial charge on any atom is -0.494 e. The predicted octanol–water partition coefficient (Wildman–Crippen LogP) is 5.82. The van der Waals surface area contributed by atoms with Crippen molar-refractivity contribution in [1.29, 1.82) is 0 Å². The Balaban J connectivity index is 1.57. The number of ether oxygens (including phenoxy) is 2. The first-order valence-electron chi connectivity index (χ1n) is 13.0. The van der Waals surface area contributed by atoms with Crippen molar-refractivity contribution in [2.75, 3.05) is 51.3 Å². The Labute approximate surface area is 233 Å². The Morgan fingerprint density at radius 1 is 1.10 bits per heavy atom. The van der Waals surface area contributed by atoms with Crippen LogP contribution in [0.3, 0.4) is 0 Å². The zero-order chi connectivity index (χ0) is 27.6. The van der Waals surface area contributed by atoms with Crippen molar-refractivity contribution in [1.82, 2.24) is 9.80 Å². The molecule has 3 aromatic carbocycles. The normalized spacial score (nSPS) is 13.6. The minimum absolute atomic E-state index is 0.00157. The third-order valence-corrected chi connectivity index (χ3v) is 7.48. The molecule has 206 valence electrons. The SMILES string of the molecule is CCOc1ccc(NC(=O)N(CCN2CCOCC2)Cc2cc([N+](=O)[O-])ccc2Sc2ccc(C)cc2)cc1. The number of nitro groups is 1. The quantitative estimate of drug-likeness (QED) is 0.237. The minimum atomic E-state index is -0.401. The molecule has 0 bridgehead atoms. The van der Waals surface area contributed by atoms with Crippen LogP contribution in [0, 0.1) is 17.0 Å². The van der Waals surface area contributed by atoms with Gasteiger partial charge in [-0.05, 0) is 61.9 Å². The van der Waals surface area contributed by atoms with Crippen LogP contribution in [0.15, 0.2) is 76.5 Å². The zero-order valence-electron chi connectivity index (χ0n) is 22.3. The Bertz CT molecular complexity index is 1250. The van der Waals surface area contributed by atoms with Crippen LogP contribution in [0.25, 0.3) is 0 Å². The van der Waals surface area contributed by atoms with Gasteiger partial charge in [-0.15, -0.1) is 0 Å². The molecule has 0 aliphatic carbocycles. The van der Waals surface area contributed by atoms with Gasteiger partial charge in [-0.3, -0.25) is 15.0 Å². The number of hydrogen-bond acceptors (Lipinski definition) is 7. The number of aryl methyl sites for hydroxylation is 1. The number of nitrogens with zero attached hydrogens (tertiary/aromatic N) is 3. The Hall–Kier alpha value is -3.60. The van der Waals surface area contributed by atoms with Gasteiger partial charge in [-0.2, -0.15) is 0 Å². The molecule has 10 heteroatoms. The molecule has 0 saturated carbocycles. The Kier molecular flexibility index (Phi) is 10.2. The van der Waals surface area contributed by atoms with E-state index in [1.54, 1.807) is 29.2 Å². The van der Waals surface area contributed by atoms with Crippen molar-refractivity contribution < 1.29 is 19.2 Å². The monoisotopic (exact) mass is 550 g/mol. The molecular weight excluding hydrogens is 516 g/mol. The highest BCUT2D eigenvalue weighted by atomic mass is 32.2. The fourth-order valence-corrected chi connectivity index (χ4v) is 5.10. The first-order chi connectivity index (χ1) is 18.9. The number of carbonyl (C=O) groups is 1. The van der Waals surface area contributed by atoms with Crippen LogP contribution in [0.4, 0.5) is 16.2 Å². The van der Waals surface area contributed by atoms with Crippen LogP contribution in [-0.2, 0) is 11.3 Å². The molecule has 0 spiro atoms. The lowest BCUT2D eigenvalue weighted by Gasteiger charge is -2.30. The molecule has 1 aliphatic heterocycles. The zero-order valence-corrected chi connectivity index (χ0v) is 23.1. The van der Waals surface area contributed by atoms with Gasteiger partial charge in [-0.1, -0.05) is 29.5 Å². The van der Waals surface area contributed by atoms with Crippen LogP contribution in [0.2, 0.25) is 0 Å². The maximum Gasteiger partial charge on any atom is 0.322 e. The molecule has 4 rings (SSSR count). The highest BCUT2D eigenvalue weighted by Gasteiger charge is 2.21. The summed E-state index contributed by atoms with van der Waals surface area (Å²) in [6.45, 7) is 8.81. The number of benzene rings is 3. The van der Waals surface area contributed by atoms with Gasteiger partial charge in [-0.25, -0.2) is 4.79 Å². The molecule has 1 aliphatic rings. The van der Waals surface area contributed by atoms with E-state index in [0.29, 0.717) is 38.6 Å². The fourth-order valence-electron chi connectivity index (χ4n) is 4.18. The van der Waals surface area contributed by atoms with Gasteiger partial charge in [0.1, 0.15) is 5.75 Å². The van der Waals surface area contributed by atoms with E-state index in [4.69, 9.17) is 9.47 Å². The van der Waals surface area contributed by atoms with Crippen LogP contribution in [-0.4, -0.2) is 66.8 Å². The lowest BCUT2D eigenvalue weighted by atomic mass is 10.2. The number of carbonyl (C=O) groups excluding carboxylic acids is 1. The average Bonchev–Trinajstić information content (AvgIpc) is 2.94. The van der Waals surface area contributed by atoms with Gasteiger partial charge >= 0.3 is 6.03 Å². The summed E-state index contributed by atoms with van der Waals surface area (Å²) in [5.74, 6) is 0.731. The number of non-ortho nitro benzene ring substituents is 1. The Morgan fingerprint density at radius 2 is 1.82 bits per heavy atom. The molecule has 0 unspecified atom stereocenters. The number of nitrogens with one attached hydrogen (secondary N) is 1. The lowest BCUT2D eigenvalue weighted by molar-refractivity contribution is -0.385. The highest BCUT2D eigenvalue weighted by Crippen LogP contribution is 2.33. The maximum absolute atomic E-state index is 13.5. The Morgan fingerprint density at radius 3 is 2.49 bits per heavy atom. The van der Waals surface area contributed by atoms with Gasteiger partial charge in [0.25, 0.3) is 5.69 Å². The summed E-state index contributed by atoms with van der Waals surface area (Å²) in [4.78, 5) is 30.6. The molecule has 0 atom stereocenters. The van der Waals surface area contributed by atoms with Gasteiger partial charge in [0, 0.05) is 60.3 Å². The standard InChI is InChI=1S/C29H34N4O5S/c1-3-38-26-9-6-24(7-10-26)30-29(34)32(15-14-31-16-18-37-19-17-31)21-23-20-25(33(35)36)8-13-28(23)39-27-11-4-22(2)5-12-27/h4-13,20H,3,14-19,21H2,1-2H3,(H,30,34). The van der Waals surface area contributed by atoms with Crippen molar-refractivity contribution in [3.63, 3.8) is 0 Å². The summed E-state index contributed by atoms with van der Waals surface area (Å²) in [6, 6.07) is 19.9. The molecule has 9 nitrogen and oxygen atoms in total. The summed E-state index contributed by atoms with van der Waals surface area (Å²) in [7, 11) is 0. The molecular formula is C29H34N4O5S. The molecule has 0 aromatic heterocycles. The smallest absolute Gasteiger partial charge is 0.322 e. The van der Waals surface area contributed by atoms with E-state index >= 15 is 0 Å². The summed E-state index contributed by atoms with van der Waals surface area (Å²) in [5, 5.41) is 14.6. The summed E-state index contributed by atoms with van der Waals surface area (Å²) < 4.78 is 11.0. The van der Waals surface area contributed by atoms with Gasteiger partial charge in [0.2, 0.25) is 0 Å². The number of urea groups is 1. The van der Waals surface area contributed by atoms with E-state index in [1.165, 1.54) is 17.8 Å². The summed E-state index contributed by atoms with van der Waals surface area (Å²) in [6.07, 6.45) is 0. The lowest BCUT2D eigenvalue weighted by Crippen LogP contribution is -2.44. The van der Waals surface area contributed by atoms with Crippen molar-refractivity contribution in [3.8, 4) is 5.75 Å². The van der Waals surface area contributed by atoms with Crippen molar-refractivity contribution in [2.45, 2.75) is 30.2 Å². The number of nitro benzene ring substituents is 1. The van der Waals surface area contributed by atoms with Gasteiger partial charge in [0.05, 0.1) is 24.7 Å². The summed E-state index contributed by atoms with van der Waals surface area (Å²) >= 11 is 1.53. The number of hydrogen-bond donors (Lipinski definition) is 1.